The topological polar surface area (TPSA) is 28.2 Å². The molecule has 1 aromatic heterocycles. The summed E-state index contributed by atoms with van der Waals surface area (Å²) < 4.78 is 27.9. The number of piperidine rings is 3. The SMILES string of the molecule is Cc1cc(F)c(-c2ccc(NC3C4CCN(CC4)C3C)nc2)cc1F. The van der Waals surface area contributed by atoms with Gasteiger partial charge in [-0.2, -0.15) is 0 Å². The molecule has 0 aliphatic carbocycles. The van der Waals surface area contributed by atoms with E-state index < -0.39 is 11.6 Å². The van der Waals surface area contributed by atoms with Crippen LogP contribution in [-0.2, 0) is 0 Å². The molecule has 2 aromatic rings. The van der Waals surface area contributed by atoms with E-state index in [0.717, 1.165) is 5.82 Å². The number of hydrogen-bond acceptors (Lipinski definition) is 3. The van der Waals surface area contributed by atoms with Crippen LogP contribution < -0.4 is 5.32 Å². The van der Waals surface area contributed by atoms with Crippen molar-refractivity contribution in [3.8, 4) is 11.1 Å². The highest BCUT2D eigenvalue weighted by Gasteiger charge is 2.39. The molecule has 0 saturated carbocycles. The molecule has 5 heteroatoms. The third kappa shape index (κ3) is 3.01. The minimum absolute atomic E-state index is 0.248. The van der Waals surface area contributed by atoms with Gasteiger partial charge in [0, 0.05) is 29.4 Å². The Kier molecular flexibility index (Phi) is 4.20. The highest BCUT2D eigenvalue weighted by Crippen LogP contribution is 2.34. The number of benzene rings is 1. The average molecular weight is 343 g/mol. The third-order valence-electron chi connectivity index (χ3n) is 5.82. The van der Waals surface area contributed by atoms with Crippen LogP contribution in [0.25, 0.3) is 11.1 Å². The number of aryl methyl sites for hydroxylation is 1. The van der Waals surface area contributed by atoms with E-state index in [0.29, 0.717) is 29.1 Å². The third-order valence-corrected chi connectivity index (χ3v) is 5.82. The molecule has 0 amide bonds. The Morgan fingerprint density at radius 1 is 1.12 bits per heavy atom. The van der Waals surface area contributed by atoms with E-state index in [1.54, 1.807) is 19.2 Å². The fourth-order valence-corrected chi connectivity index (χ4v) is 4.22. The lowest BCUT2D eigenvalue weighted by Crippen LogP contribution is -2.59. The Bertz CT molecular complexity index is 765. The number of rotatable bonds is 3. The van der Waals surface area contributed by atoms with Gasteiger partial charge in [0.25, 0.3) is 0 Å². The van der Waals surface area contributed by atoms with Gasteiger partial charge in [0.15, 0.2) is 0 Å². The van der Waals surface area contributed by atoms with Crippen molar-refractivity contribution in [2.24, 2.45) is 5.92 Å². The van der Waals surface area contributed by atoms with Gasteiger partial charge in [-0.05, 0) is 75.5 Å². The molecule has 25 heavy (non-hydrogen) atoms. The average Bonchev–Trinajstić information content (AvgIpc) is 2.62. The van der Waals surface area contributed by atoms with Crippen LogP contribution in [0.1, 0.15) is 25.3 Å². The zero-order valence-corrected chi connectivity index (χ0v) is 14.6. The quantitative estimate of drug-likeness (QED) is 0.904. The van der Waals surface area contributed by atoms with Gasteiger partial charge in [-0.1, -0.05) is 0 Å². The number of nitrogens with one attached hydrogen (secondary N) is 1. The van der Waals surface area contributed by atoms with Crippen LogP contribution in [-0.4, -0.2) is 35.1 Å². The number of aromatic nitrogens is 1. The van der Waals surface area contributed by atoms with E-state index in [2.05, 4.69) is 22.1 Å². The molecule has 2 bridgehead atoms. The second kappa shape index (κ2) is 6.37. The summed E-state index contributed by atoms with van der Waals surface area (Å²) in [7, 11) is 0. The molecule has 0 spiro atoms. The summed E-state index contributed by atoms with van der Waals surface area (Å²) in [6.07, 6.45) is 4.07. The first-order valence-electron chi connectivity index (χ1n) is 8.95. The lowest BCUT2D eigenvalue weighted by molar-refractivity contribution is 0.0457. The van der Waals surface area contributed by atoms with Crippen LogP contribution in [0.4, 0.5) is 14.6 Å². The minimum atomic E-state index is -0.424. The normalized spacial score (nSPS) is 28.2. The second-order valence-corrected chi connectivity index (χ2v) is 7.30. The van der Waals surface area contributed by atoms with Crippen molar-refractivity contribution in [2.45, 2.75) is 38.8 Å². The monoisotopic (exact) mass is 343 g/mol. The first-order chi connectivity index (χ1) is 12.0. The van der Waals surface area contributed by atoms with Crippen LogP contribution in [0.15, 0.2) is 30.5 Å². The van der Waals surface area contributed by atoms with E-state index in [9.17, 15) is 8.78 Å². The zero-order chi connectivity index (χ0) is 17.6. The predicted octanol–water partition coefficient (Wildman–Crippen LogP) is 4.23. The van der Waals surface area contributed by atoms with Crippen LogP contribution in [0.5, 0.6) is 0 Å². The van der Waals surface area contributed by atoms with E-state index in [-0.39, 0.29) is 5.56 Å². The number of hydrogen-bond donors (Lipinski definition) is 1. The maximum atomic E-state index is 14.1. The molecule has 3 aliphatic heterocycles. The molecule has 3 nitrogen and oxygen atoms in total. The van der Waals surface area contributed by atoms with Crippen LogP contribution in [0.3, 0.4) is 0 Å². The van der Waals surface area contributed by atoms with E-state index >= 15 is 0 Å². The molecule has 2 unspecified atom stereocenters. The number of fused-ring (bicyclic) bond motifs is 3. The lowest BCUT2D eigenvalue weighted by atomic mass is 9.79. The number of halogens is 2. The van der Waals surface area contributed by atoms with Crippen molar-refractivity contribution < 1.29 is 8.78 Å². The summed E-state index contributed by atoms with van der Waals surface area (Å²) in [6, 6.07) is 7.02. The van der Waals surface area contributed by atoms with Gasteiger partial charge in [-0.25, -0.2) is 13.8 Å². The number of pyridine rings is 1. The maximum absolute atomic E-state index is 14.1. The molecular weight excluding hydrogens is 320 g/mol. The summed E-state index contributed by atoms with van der Waals surface area (Å²) in [5, 5.41) is 3.56. The molecule has 132 valence electrons. The summed E-state index contributed by atoms with van der Waals surface area (Å²) in [5.41, 5.74) is 1.14. The van der Waals surface area contributed by atoms with Gasteiger partial charge >= 0.3 is 0 Å². The molecule has 3 fully saturated rings. The highest BCUT2D eigenvalue weighted by molar-refractivity contribution is 5.65. The van der Waals surface area contributed by atoms with Crippen molar-refractivity contribution in [2.75, 3.05) is 18.4 Å². The second-order valence-electron chi connectivity index (χ2n) is 7.30. The van der Waals surface area contributed by atoms with E-state index in [4.69, 9.17) is 0 Å². The molecule has 0 radical (unpaired) electrons. The van der Waals surface area contributed by atoms with Crippen molar-refractivity contribution >= 4 is 5.82 Å². The Morgan fingerprint density at radius 2 is 1.88 bits per heavy atom. The Hall–Kier alpha value is -2.01. The molecule has 2 atom stereocenters. The van der Waals surface area contributed by atoms with Gasteiger partial charge in [0.1, 0.15) is 17.5 Å². The first kappa shape index (κ1) is 16.5. The van der Waals surface area contributed by atoms with Gasteiger partial charge in [-0.15, -0.1) is 0 Å². The molecule has 1 N–H and O–H groups in total. The summed E-state index contributed by atoms with van der Waals surface area (Å²) in [6.45, 7) is 6.20. The predicted molar refractivity (Wildman–Crippen MR) is 95.5 cm³/mol. The van der Waals surface area contributed by atoms with Crippen molar-refractivity contribution in [1.29, 1.82) is 0 Å². The van der Waals surface area contributed by atoms with Gasteiger partial charge in [-0.3, -0.25) is 4.90 Å². The molecular formula is C20H23F2N3. The Balaban J connectivity index is 1.54. The van der Waals surface area contributed by atoms with Gasteiger partial charge in [0.2, 0.25) is 0 Å². The first-order valence-corrected chi connectivity index (χ1v) is 8.95. The molecule has 1 aromatic carbocycles. The standard InChI is InChI=1S/C20H23F2N3/c1-12-9-18(22)16(10-17(12)21)15-3-4-19(23-11-15)24-20-13(2)25-7-5-14(20)6-8-25/h3-4,9-11,13-14,20H,5-8H2,1-2H3,(H,23,24). The summed E-state index contributed by atoms with van der Waals surface area (Å²) in [4.78, 5) is 6.97. The molecule has 3 saturated heterocycles. The zero-order valence-electron chi connectivity index (χ0n) is 14.6. The van der Waals surface area contributed by atoms with Crippen LogP contribution in [0.2, 0.25) is 0 Å². The fraction of sp³-hybridized carbons (Fsp3) is 0.450. The number of anilines is 1. The number of nitrogens with zero attached hydrogens (tertiary/aromatic N) is 2. The Labute approximate surface area is 147 Å². The Morgan fingerprint density at radius 3 is 2.52 bits per heavy atom. The van der Waals surface area contributed by atoms with Crippen molar-refractivity contribution in [1.82, 2.24) is 9.88 Å². The minimum Gasteiger partial charge on any atom is -0.365 e. The summed E-state index contributed by atoms with van der Waals surface area (Å²) >= 11 is 0. The van der Waals surface area contributed by atoms with Crippen LogP contribution >= 0.6 is 0 Å². The largest absolute Gasteiger partial charge is 0.365 e. The smallest absolute Gasteiger partial charge is 0.131 e. The lowest BCUT2D eigenvalue weighted by Gasteiger charge is -2.50. The maximum Gasteiger partial charge on any atom is 0.131 e. The summed E-state index contributed by atoms with van der Waals surface area (Å²) in [5.74, 6) is 0.652. The fourth-order valence-electron chi connectivity index (χ4n) is 4.22. The molecule has 4 heterocycles. The highest BCUT2D eigenvalue weighted by atomic mass is 19.1. The van der Waals surface area contributed by atoms with Crippen LogP contribution in [0, 0.1) is 24.5 Å². The van der Waals surface area contributed by atoms with Gasteiger partial charge in [0.05, 0.1) is 0 Å². The van der Waals surface area contributed by atoms with E-state index in [1.165, 1.54) is 38.1 Å². The van der Waals surface area contributed by atoms with Gasteiger partial charge < -0.3 is 5.32 Å². The van der Waals surface area contributed by atoms with Crippen molar-refractivity contribution in [3.63, 3.8) is 0 Å². The molecule has 3 aliphatic rings. The molecule has 5 rings (SSSR count). The van der Waals surface area contributed by atoms with Crippen molar-refractivity contribution in [3.05, 3.63) is 47.7 Å². The van der Waals surface area contributed by atoms with E-state index in [1.807, 2.05) is 6.07 Å².